The van der Waals surface area contributed by atoms with E-state index < -0.39 is 6.43 Å². The number of alkyl halides is 2. The highest BCUT2D eigenvalue weighted by Gasteiger charge is 2.54. The fraction of sp³-hybridized carbons (Fsp3) is 0.643. The quantitative estimate of drug-likeness (QED) is 0.813. The van der Waals surface area contributed by atoms with Gasteiger partial charge >= 0.3 is 0 Å². The summed E-state index contributed by atoms with van der Waals surface area (Å²) in [6.45, 7) is 1.51. The van der Waals surface area contributed by atoms with Gasteiger partial charge in [-0.15, -0.1) is 0 Å². The van der Waals surface area contributed by atoms with Crippen LogP contribution < -0.4 is 10.0 Å². The molecule has 1 saturated heterocycles. The predicted molar refractivity (Wildman–Crippen MR) is 88.5 cm³/mol. The lowest BCUT2D eigenvalue weighted by Gasteiger charge is -2.61. The molecule has 0 atom stereocenters. The van der Waals surface area contributed by atoms with Gasteiger partial charge in [-0.3, -0.25) is 9.82 Å². The molecule has 2 aromatic rings. The fourth-order valence-corrected chi connectivity index (χ4v) is 4.45. The molecule has 2 aliphatic rings. The molecule has 2 aromatic heterocycles. The zero-order valence-electron chi connectivity index (χ0n) is 13.3. The van der Waals surface area contributed by atoms with Gasteiger partial charge in [0.15, 0.2) is 5.65 Å². The highest BCUT2D eigenvalue weighted by Crippen LogP contribution is 2.52. The third-order valence-electron chi connectivity index (χ3n) is 5.06. The molecule has 1 aliphatic heterocycles. The molecular weight excluding hydrogens is 336 g/mol. The lowest BCUT2D eigenvalue weighted by molar-refractivity contribution is -0.000193. The first-order chi connectivity index (χ1) is 11.5. The lowest BCUT2D eigenvalue weighted by Crippen LogP contribution is -2.66. The van der Waals surface area contributed by atoms with E-state index in [1.54, 1.807) is 21.5 Å². The summed E-state index contributed by atoms with van der Waals surface area (Å²) in [5, 5.41) is 10.7. The Kier molecular flexibility index (Phi) is 3.85. The predicted octanol–water partition coefficient (Wildman–Crippen LogP) is 1.42. The summed E-state index contributed by atoms with van der Waals surface area (Å²) in [7, 11) is 1.86. The van der Waals surface area contributed by atoms with Crippen LogP contribution in [0.25, 0.3) is 11.0 Å². The number of hydrogen-bond acceptors (Lipinski definition) is 7. The molecule has 130 valence electrons. The van der Waals surface area contributed by atoms with Crippen LogP contribution in [0.5, 0.6) is 0 Å². The van der Waals surface area contributed by atoms with Crippen molar-refractivity contribution in [1.29, 1.82) is 0 Å². The molecule has 0 bridgehead atoms. The normalized spacial score (nSPS) is 20.2. The number of aromatic nitrogens is 4. The van der Waals surface area contributed by atoms with E-state index in [-0.39, 0.29) is 18.0 Å². The Bertz CT molecular complexity index is 738. The monoisotopic (exact) mass is 355 g/mol. The highest BCUT2D eigenvalue weighted by molar-refractivity contribution is 7.94. The maximum atomic E-state index is 12.6. The van der Waals surface area contributed by atoms with Crippen LogP contribution in [0, 0.1) is 5.41 Å². The topological polar surface area (TPSA) is 76.1 Å². The van der Waals surface area contributed by atoms with E-state index in [2.05, 4.69) is 20.0 Å². The SMILES string of the molecule is Cn1ncc2c(N3CC4(CC(N(CC(F)F)SN)C4)C3)ncnc21. The van der Waals surface area contributed by atoms with Gasteiger partial charge in [-0.1, -0.05) is 0 Å². The first kappa shape index (κ1) is 16.0. The van der Waals surface area contributed by atoms with Gasteiger partial charge in [-0.2, -0.15) is 5.10 Å². The molecule has 2 N–H and O–H groups in total. The number of aryl methyl sites for hydroxylation is 1. The summed E-state index contributed by atoms with van der Waals surface area (Å²) in [5.41, 5.74) is 1.02. The van der Waals surface area contributed by atoms with Crippen LogP contribution >= 0.6 is 12.1 Å². The molecular formula is C14H19F2N7S. The number of nitrogens with zero attached hydrogens (tertiary/aromatic N) is 6. The molecule has 3 heterocycles. The van der Waals surface area contributed by atoms with Crippen molar-refractivity contribution in [2.24, 2.45) is 17.6 Å². The lowest BCUT2D eigenvalue weighted by atomic mass is 9.60. The summed E-state index contributed by atoms with van der Waals surface area (Å²) in [4.78, 5) is 10.9. The van der Waals surface area contributed by atoms with Crippen LogP contribution in [0.2, 0.25) is 0 Å². The van der Waals surface area contributed by atoms with Crippen LogP contribution in [-0.2, 0) is 7.05 Å². The second-order valence-corrected chi connectivity index (χ2v) is 7.40. The largest absolute Gasteiger partial charge is 0.355 e. The molecule has 0 aromatic carbocycles. The molecule has 0 amide bonds. The van der Waals surface area contributed by atoms with Gasteiger partial charge in [0.1, 0.15) is 12.1 Å². The molecule has 24 heavy (non-hydrogen) atoms. The number of rotatable bonds is 5. The highest BCUT2D eigenvalue weighted by atomic mass is 32.2. The molecule has 0 radical (unpaired) electrons. The zero-order chi connectivity index (χ0) is 16.9. The van der Waals surface area contributed by atoms with Gasteiger partial charge in [0, 0.05) is 43.7 Å². The summed E-state index contributed by atoms with van der Waals surface area (Å²) in [6, 6.07) is 0.139. The second-order valence-electron chi connectivity index (χ2n) is 6.72. The van der Waals surface area contributed by atoms with Gasteiger partial charge in [-0.25, -0.2) is 23.1 Å². The van der Waals surface area contributed by atoms with Gasteiger partial charge in [0.25, 0.3) is 6.43 Å². The van der Waals surface area contributed by atoms with E-state index in [0.29, 0.717) is 0 Å². The van der Waals surface area contributed by atoms with Crippen LogP contribution in [0.15, 0.2) is 12.5 Å². The fourth-order valence-electron chi connectivity index (χ4n) is 3.93. The number of nitrogens with two attached hydrogens (primary N) is 1. The second kappa shape index (κ2) is 5.78. The van der Waals surface area contributed by atoms with Crippen molar-refractivity contribution in [1.82, 2.24) is 24.1 Å². The average molecular weight is 355 g/mol. The van der Waals surface area contributed by atoms with E-state index in [4.69, 9.17) is 5.14 Å². The molecule has 4 rings (SSSR count). The van der Waals surface area contributed by atoms with E-state index in [9.17, 15) is 8.78 Å². The minimum absolute atomic E-state index is 0.139. The van der Waals surface area contributed by atoms with Crippen LogP contribution in [-0.4, -0.2) is 56.2 Å². The van der Waals surface area contributed by atoms with E-state index >= 15 is 0 Å². The number of anilines is 1. The summed E-state index contributed by atoms with van der Waals surface area (Å²) in [6.07, 6.45) is 2.80. The third-order valence-corrected chi connectivity index (χ3v) is 5.78. The summed E-state index contributed by atoms with van der Waals surface area (Å²) >= 11 is 0.927. The zero-order valence-corrected chi connectivity index (χ0v) is 14.1. The Balaban J connectivity index is 1.40. The van der Waals surface area contributed by atoms with Gasteiger partial charge in [0.2, 0.25) is 0 Å². The maximum Gasteiger partial charge on any atom is 0.252 e. The van der Waals surface area contributed by atoms with Crippen molar-refractivity contribution in [2.75, 3.05) is 24.5 Å². The van der Waals surface area contributed by atoms with Crippen molar-refractivity contribution in [2.45, 2.75) is 25.3 Å². The Morgan fingerprint density at radius 1 is 1.42 bits per heavy atom. The smallest absolute Gasteiger partial charge is 0.252 e. The van der Waals surface area contributed by atoms with Crippen LogP contribution in [0.1, 0.15) is 12.8 Å². The van der Waals surface area contributed by atoms with Crippen molar-refractivity contribution in [3.63, 3.8) is 0 Å². The third kappa shape index (κ3) is 2.52. The molecule has 2 fully saturated rings. The summed E-state index contributed by atoms with van der Waals surface area (Å²) < 4.78 is 28.5. The van der Waals surface area contributed by atoms with E-state index in [1.165, 1.54) is 0 Å². The Labute approximate surface area is 142 Å². The molecule has 1 saturated carbocycles. The molecule has 0 unspecified atom stereocenters. The Morgan fingerprint density at radius 3 is 2.83 bits per heavy atom. The summed E-state index contributed by atoms with van der Waals surface area (Å²) in [5.74, 6) is 0.903. The molecule has 1 spiro atoms. The van der Waals surface area contributed by atoms with E-state index in [1.807, 2.05) is 7.05 Å². The standard InChI is InChI=1S/C14H19F2N7S/c1-21-12-10(4-20-21)13(19-8-18-12)22-6-14(7-22)2-9(3-14)23(24-17)5-11(15)16/h4,8-9,11H,2-3,5-7,17H2,1H3. The van der Waals surface area contributed by atoms with Crippen molar-refractivity contribution < 1.29 is 8.78 Å². The maximum absolute atomic E-state index is 12.6. The first-order valence-corrected chi connectivity index (χ1v) is 8.64. The van der Waals surface area contributed by atoms with Crippen LogP contribution in [0.4, 0.5) is 14.6 Å². The van der Waals surface area contributed by atoms with Gasteiger partial charge in [-0.05, 0) is 12.8 Å². The minimum atomic E-state index is -2.35. The van der Waals surface area contributed by atoms with E-state index in [0.717, 1.165) is 54.9 Å². The first-order valence-electron chi connectivity index (χ1n) is 7.81. The van der Waals surface area contributed by atoms with Gasteiger partial charge < -0.3 is 4.90 Å². The Hall–Kier alpha value is -1.52. The van der Waals surface area contributed by atoms with Crippen LogP contribution in [0.3, 0.4) is 0 Å². The van der Waals surface area contributed by atoms with Crippen molar-refractivity contribution >= 4 is 29.0 Å². The molecule has 1 aliphatic carbocycles. The number of fused-ring (bicyclic) bond motifs is 1. The number of halogens is 2. The van der Waals surface area contributed by atoms with Gasteiger partial charge in [0.05, 0.1) is 18.1 Å². The minimum Gasteiger partial charge on any atom is -0.355 e. The molecule has 7 nitrogen and oxygen atoms in total. The number of hydrogen-bond donors (Lipinski definition) is 1. The van der Waals surface area contributed by atoms with Crippen molar-refractivity contribution in [3.8, 4) is 0 Å². The average Bonchev–Trinajstić information content (AvgIpc) is 2.85. The van der Waals surface area contributed by atoms with Crippen molar-refractivity contribution in [3.05, 3.63) is 12.5 Å². The molecule has 10 heteroatoms. The Morgan fingerprint density at radius 2 is 2.17 bits per heavy atom.